The van der Waals surface area contributed by atoms with Gasteiger partial charge in [-0.2, -0.15) is 0 Å². The summed E-state index contributed by atoms with van der Waals surface area (Å²) in [5.41, 5.74) is -0.713. The molecule has 0 aliphatic carbocycles. The number of anilines is 1. The highest BCUT2D eigenvalue weighted by Crippen LogP contribution is 2.30. The molecule has 104 valence electrons. The van der Waals surface area contributed by atoms with E-state index < -0.39 is 5.60 Å². The average molecular weight is 300 g/mol. The maximum absolute atomic E-state index is 10.3. The summed E-state index contributed by atoms with van der Waals surface area (Å²) < 4.78 is 0. The van der Waals surface area contributed by atoms with E-state index in [4.69, 9.17) is 11.6 Å². The molecule has 4 nitrogen and oxygen atoms in total. The highest BCUT2D eigenvalue weighted by molar-refractivity contribution is 7.18. The van der Waals surface area contributed by atoms with Gasteiger partial charge in [-0.25, -0.2) is 9.97 Å². The number of aromatic nitrogens is 2. The molecule has 2 rings (SSSR count). The third kappa shape index (κ3) is 3.16. The van der Waals surface area contributed by atoms with Gasteiger partial charge in [0, 0.05) is 11.4 Å². The minimum absolute atomic E-state index is 0.230. The molecule has 0 spiro atoms. The molecule has 0 saturated carbocycles. The van der Waals surface area contributed by atoms with E-state index in [0.717, 1.165) is 15.1 Å². The number of thiophene rings is 1. The molecule has 0 aliphatic rings. The highest BCUT2D eigenvalue weighted by Gasteiger charge is 2.22. The van der Waals surface area contributed by atoms with Gasteiger partial charge in [0.2, 0.25) is 5.28 Å². The summed E-state index contributed by atoms with van der Waals surface area (Å²) in [5.74, 6) is 0.694. The predicted molar refractivity (Wildman–Crippen MR) is 81.2 cm³/mol. The summed E-state index contributed by atoms with van der Waals surface area (Å²) in [4.78, 5) is 10.5. The number of fused-ring (bicyclic) bond motifs is 1. The van der Waals surface area contributed by atoms with Crippen LogP contribution in [0.15, 0.2) is 6.07 Å². The summed E-state index contributed by atoms with van der Waals surface area (Å²) in [6.45, 7) is 6.43. The fraction of sp³-hybridized carbons (Fsp3) is 0.538. The van der Waals surface area contributed by atoms with Gasteiger partial charge in [-0.15, -0.1) is 11.3 Å². The number of hydrogen-bond donors (Lipinski definition) is 2. The van der Waals surface area contributed by atoms with Gasteiger partial charge in [0.15, 0.2) is 0 Å². The van der Waals surface area contributed by atoms with Gasteiger partial charge < -0.3 is 10.4 Å². The molecule has 2 N–H and O–H groups in total. The molecule has 2 aromatic rings. The van der Waals surface area contributed by atoms with E-state index in [-0.39, 0.29) is 5.28 Å². The van der Waals surface area contributed by atoms with Gasteiger partial charge in [0.1, 0.15) is 10.6 Å². The number of aliphatic hydroxyl groups is 1. The smallest absolute Gasteiger partial charge is 0.225 e. The first-order chi connectivity index (χ1) is 8.97. The molecule has 0 aliphatic heterocycles. The number of halogens is 1. The largest absolute Gasteiger partial charge is 0.388 e. The van der Waals surface area contributed by atoms with E-state index >= 15 is 0 Å². The highest BCUT2D eigenvalue weighted by atomic mass is 35.5. The van der Waals surface area contributed by atoms with Gasteiger partial charge in [0.25, 0.3) is 0 Å². The van der Waals surface area contributed by atoms with Crippen molar-refractivity contribution in [2.24, 2.45) is 0 Å². The molecular weight excluding hydrogens is 282 g/mol. The lowest BCUT2D eigenvalue weighted by molar-refractivity contribution is 0.0456. The van der Waals surface area contributed by atoms with Crippen molar-refractivity contribution >= 4 is 39.0 Å². The van der Waals surface area contributed by atoms with E-state index in [0.29, 0.717) is 25.2 Å². The maximum Gasteiger partial charge on any atom is 0.225 e. The van der Waals surface area contributed by atoms with Gasteiger partial charge in [-0.05, 0) is 37.4 Å². The number of nitrogens with zero attached hydrogens (tertiary/aromatic N) is 2. The van der Waals surface area contributed by atoms with Gasteiger partial charge in [0.05, 0.1) is 11.0 Å². The zero-order valence-corrected chi connectivity index (χ0v) is 12.9. The van der Waals surface area contributed by atoms with E-state index in [1.807, 2.05) is 26.8 Å². The summed E-state index contributed by atoms with van der Waals surface area (Å²) >= 11 is 7.52. The molecule has 0 unspecified atom stereocenters. The molecule has 0 aromatic carbocycles. The molecule has 2 heterocycles. The van der Waals surface area contributed by atoms with Crippen molar-refractivity contribution in [1.29, 1.82) is 0 Å². The first-order valence-electron chi connectivity index (χ1n) is 6.37. The van der Waals surface area contributed by atoms with Crippen molar-refractivity contribution < 1.29 is 5.11 Å². The third-order valence-corrected chi connectivity index (χ3v) is 4.50. The molecule has 6 heteroatoms. The second-order valence-electron chi connectivity index (χ2n) is 4.70. The molecular formula is C13H18ClN3OS. The van der Waals surface area contributed by atoms with Gasteiger partial charge in [-0.3, -0.25) is 0 Å². The molecule has 0 amide bonds. The Morgan fingerprint density at radius 3 is 2.68 bits per heavy atom. The number of nitrogens with one attached hydrogen (secondary N) is 1. The first-order valence-corrected chi connectivity index (χ1v) is 7.57. The number of aryl methyl sites for hydroxylation is 1. The van der Waals surface area contributed by atoms with E-state index in [1.165, 1.54) is 0 Å². The number of hydrogen-bond acceptors (Lipinski definition) is 5. The summed E-state index contributed by atoms with van der Waals surface area (Å²) in [7, 11) is 0. The van der Waals surface area contributed by atoms with Crippen molar-refractivity contribution in [1.82, 2.24) is 9.97 Å². The van der Waals surface area contributed by atoms with Crippen molar-refractivity contribution in [3.63, 3.8) is 0 Å². The molecule has 19 heavy (non-hydrogen) atoms. The Bertz CT molecular complexity index is 581. The third-order valence-electron chi connectivity index (χ3n) is 3.39. The van der Waals surface area contributed by atoms with Crippen LogP contribution in [0.25, 0.3) is 10.2 Å². The average Bonchev–Trinajstić information content (AvgIpc) is 2.75. The van der Waals surface area contributed by atoms with E-state index in [2.05, 4.69) is 15.3 Å². The van der Waals surface area contributed by atoms with E-state index in [9.17, 15) is 5.11 Å². The van der Waals surface area contributed by atoms with Crippen LogP contribution in [-0.2, 0) is 0 Å². The van der Waals surface area contributed by atoms with Crippen LogP contribution in [0.4, 0.5) is 5.82 Å². The molecule has 0 radical (unpaired) electrons. The van der Waals surface area contributed by atoms with Gasteiger partial charge in [-0.1, -0.05) is 13.8 Å². The van der Waals surface area contributed by atoms with Crippen LogP contribution in [-0.4, -0.2) is 27.2 Å². The van der Waals surface area contributed by atoms with Crippen molar-refractivity contribution in [3.05, 3.63) is 16.2 Å². The second kappa shape index (κ2) is 5.61. The summed E-state index contributed by atoms with van der Waals surface area (Å²) in [6.07, 6.45) is 1.39. The quantitative estimate of drug-likeness (QED) is 0.828. The fourth-order valence-corrected chi connectivity index (χ4v) is 3.00. The zero-order chi connectivity index (χ0) is 14.0. The molecule has 0 fully saturated rings. The summed E-state index contributed by atoms with van der Waals surface area (Å²) in [5, 5.41) is 14.7. The Balaban J connectivity index is 2.29. The lowest BCUT2D eigenvalue weighted by Crippen LogP contribution is -2.35. The topological polar surface area (TPSA) is 58.0 Å². The Morgan fingerprint density at radius 1 is 1.37 bits per heavy atom. The predicted octanol–water partition coefficient (Wildman–Crippen LogP) is 3.62. The normalized spacial score (nSPS) is 12.1. The SMILES string of the molecule is CCC(O)(CC)CNc1nc(Cl)nc2sc(C)cc12. The van der Waals surface area contributed by atoms with E-state index in [1.54, 1.807) is 11.3 Å². The first kappa shape index (κ1) is 14.5. The summed E-state index contributed by atoms with van der Waals surface area (Å²) in [6, 6.07) is 2.04. The lowest BCUT2D eigenvalue weighted by atomic mass is 9.98. The zero-order valence-electron chi connectivity index (χ0n) is 11.3. The lowest BCUT2D eigenvalue weighted by Gasteiger charge is -2.25. The van der Waals surface area contributed by atoms with Crippen LogP contribution >= 0.6 is 22.9 Å². The maximum atomic E-state index is 10.3. The Morgan fingerprint density at radius 2 is 2.05 bits per heavy atom. The van der Waals surface area contributed by atoms with Crippen LogP contribution < -0.4 is 5.32 Å². The second-order valence-corrected chi connectivity index (χ2v) is 6.27. The minimum atomic E-state index is -0.713. The fourth-order valence-electron chi connectivity index (χ4n) is 1.90. The monoisotopic (exact) mass is 299 g/mol. The van der Waals surface area contributed by atoms with Crippen molar-refractivity contribution in [3.8, 4) is 0 Å². The molecule has 2 aromatic heterocycles. The van der Waals surface area contributed by atoms with Crippen LogP contribution in [0, 0.1) is 6.92 Å². The Labute approximate surface area is 121 Å². The van der Waals surface area contributed by atoms with Crippen LogP contribution in [0.1, 0.15) is 31.6 Å². The molecule has 0 saturated heterocycles. The Kier molecular flexibility index (Phi) is 4.28. The standard InChI is InChI=1S/C13H18ClN3OS/c1-4-13(18,5-2)7-15-10-9-6-8(3)19-11(9)17-12(14)16-10/h6,18H,4-5,7H2,1-3H3,(H,15,16,17). The van der Waals surface area contributed by atoms with Crippen LogP contribution in [0.2, 0.25) is 5.28 Å². The minimum Gasteiger partial charge on any atom is -0.388 e. The Hall–Kier alpha value is -0.910. The van der Waals surface area contributed by atoms with Crippen LogP contribution in [0.5, 0.6) is 0 Å². The molecule has 0 atom stereocenters. The van der Waals surface area contributed by atoms with Crippen molar-refractivity contribution in [2.75, 3.05) is 11.9 Å². The van der Waals surface area contributed by atoms with Gasteiger partial charge >= 0.3 is 0 Å². The number of rotatable bonds is 5. The molecule has 0 bridgehead atoms. The van der Waals surface area contributed by atoms with Crippen LogP contribution in [0.3, 0.4) is 0 Å². The van der Waals surface area contributed by atoms with Crippen molar-refractivity contribution in [2.45, 2.75) is 39.2 Å².